The van der Waals surface area contributed by atoms with Gasteiger partial charge in [-0.25, -0.2) is 0 Å². The number of nitrogens with zero attached hydrogens (tertiary/aromatic N) is 2. The highest BCUT2D eigenvalue weighted by atomic mass is 35.5. The molecule has 3 N–H and O–H groups in total. The molecule has 4 rings (SSSR count). The predicted octanol–water partition coefficient (Wildman–Crippen LogP) is 2.68. The third-order valence-electron chi connectivity index (χ3n) is 6.06. The van der Waals surface area contributed by atoms with Crippen molar-refractivity contribution in [3.8, 4) is 5.75 Å². The molecule has 0 unspecified atom stereocenters. The van der Waals surface area contributed by atoms with E-state index in [-0.39, 0.29) is 29.9 Å². The van der Waals surface area contributed by atoms with E-state index in [9.17, 15) is 14.4 Å². The molecule has 0 bridgehead atoms. The van der Waals surface area contributed by atoms with Gasteiger partial charge in [0.2, 0.25) is 0 Å². The zero-order chi connectivity index (χ0) is 24.4. The molecule has 34 heavy (non-hydrogen) atoms. The Balaban J connectivity index is 1.35. The number of nitrogens with two attached hydrogens (primary N) is 1. The Morgan fingerprint density at radius 1 is 1.15 bits per heavy atom. The van der Waals surface area contributed by atoms with Crippen molar-refractivity contribution in [3.63, 3.8) is 0 Å². The van der Waals surface area contributed by atoms with Crippen LogP contribution in [-0.4, -0.2) is 48.0 Å². The smallest absolute Gasteiger partial charge is 0.260 e. The number of rotatable bonds is 7. The molecule has 0 saturated carbocycles. The van der Waals surface area contributed by atoms with E-state index < -0.39 is 10.9 Å². The molecule has 0 radical (unpaired) electrons. The summed E-state index contributed by atoms with van der Waals surface area (Å²) in [6, 6.07) is 13.3. The van der Waals surface area contributed by atoms with E-state index in [0.29, 0.717) is 23.0 Å². The summed E-state index contributed by atoms with van der Waals surface area (Å²) in [5, 5.41) is 3.21. The van der Waals surface area contributed by atoms with E-state index in [0.717, 1.165) is 19.6 Å². The fraction of sp³-hybridized carbons (Fsp3) is 0.320. The predicted molar refractivity (Wildman–Crippen MR) is 134 cm³/mol. The Kier molecular flexibility index (Phi) is 6.90. The van der Waals surface area contributed by atoms with Crippen LogP contribution in [0.4, 0.5) is 17.1 Å². The van der Waals surface area contributed by atoms with Crippen LogP contribution >= 0.6 is 11.6 Å². The Morgan fingerprint density at radius 2 is 1.88 bits per heavy atom. The van der Waals surface area contributed by atoms with Crippen molar-refractivity contribution in [1.82, 2.24) is 9.80 Å². The summed E-state index contributed by atoms with van der Waals surface area (Å²) in [4.78, 5) is 40.2. The fourth-order valence-corrected chi connectivity index (χ4v) is 4.29. The molecule has 1 saturated heterocycles. The summed E-state index contributed by atoms with van der Waals surface area (Å²) in [6.45, 7) is 6.95. The summed E-state index contributed by atoms with van der Waals surface area (Å²) in [5.41, 5.74) is 6.90. The largest absolute Gasteiger partial charge is 0.482 e. The van der Waals surface area contributed by atoms with Gasteiger partial charge < -0.3 is 20.7 Å². The lowest BCUT2D eigenvalue weighted by Crippen LogP contribution is -2.54. The van der Waals surface area contributed by atoms with Crippen LogP contribution in [0.25, 0.3) is 0 Å². The number of benzene rings is 2. The first-order chi connectivity index (χ1) is 16.2. The molecule has 1 fully saturated rings. The van der Waals surface area contributed by atoms with Crippen LogP contribution in [0.2, 0.25) is 5.02 Å². The van der Waals surface area contributed by atoms with Crippen molar-refractivity contribution in [3.05, 3.63) is 79.1 Å². The van der Waals surface area contributed by atoms with Crippen LogP contribution in [0, 0.1) is 6.92 Å². The Labute approximate surface area is 202 Å². The number of halogens is 1. The van der Waals surface area contributed by atoms with E-state index >= 15 is 0 Å². The minimum absolute atomic E-state index is 0.00163. The van der Waals surface area contributed by atoms with E-state index in [1.54, 1.807) is 18.2 Å². The lowest BCUT2D eigenvalue weighted by molar-refractivity contribution is -0.137. The van der Waals surface area contributed by atoms with Crippen molar-refractivity contribution in [2.75, 3.05) is 37.3 Å². The number of amides is 1. The van der Waals surface area contributed by atoms with Crippen LogP contribution in [0.3, 0.4) is 0 Å². The molecule has 9 heteroatoms. The van der Waals surface area contributed by atoms with Crippen molar-refractivity contribution in [2.24, 2.45) is 0 Å². The number of hydrogen-bond acceptors (Lipinski definition) is 7. The third kappa shape index (κ3) is 5.08. The molecule has 3 aromatic rings. The molecule has 0 spiro atoms. The van der Waals surface area contributed by atoms with Crippen LogP contribution in [0.15, 0.2) is 52.1 Å². The van der Waals surface area contributed by atoms with E-state index in [4.69, 9.17) is 22.1 Å². The normalized spacial score (nSPS) is 16.6. The third-order valence-corrected chi connectivity index (χ3v) is 6.29. The van der Waals surface area contributed by atoms with Gasteiger partial charge >= 0.3 is 0 Å². The number of hydrogen-bond donors (Lipinski definition) is 2. The highest BCUT2D eigenvalue weighted by Gasteiger charge is 2.28. The summed E-state index contributed by atoms with van der Waals surface area (Å²) >= 11 is 6.07. The number of ether oxygens (including phenoxy) is 1. The summed E-state index contributed by atoms with van der Waals surface area (Å²) < 4.78 is 5.77. The van der Waals surface area contributed by atoms with Crippen molar-refractivity contribution in [1.29, 1.82) is 0 Å². The van der Waals surface area contributed by atoms with Gasteiger partial charge in [-0.1, -0.05) is 41.4 Å². The maximum atomic E-state index is 12.9. The SMILES string of the molecule is Cc1ccc(CN2CCN(C(=O)COc3ccc(Cl)cc3Nc3c(N)c(=O)c3=O)[C@H](C)C2)cc1. The number of anilines is 3. The van der Waals surface area contributed by atoms with E-state index in [2.05, 4.69) is 41.4 Å². The molecule has 178 valence electrons. The fourth-order valence-electron chi connectivity index (χ4n) is 4.11. The molecule has 0 aliphatic carbocycles. The molecule has 1 heterocycles. The summed E-state index contributed by atoms with van der Waals surface area (Å²) in [6.07, 6.45) is 0. The van der Waals surface area contributed by atoms with Gasteiger partial charge in [0.15, 0.2) is 6.61 Å². The number of nitrogen functional groups attached to an aromatic ring is 1. The quantitative estimate of drug-likeness (QED) is 0.499. The van der Waals surface area contributed by atoms with E-state index in [1.165, 1.54) is 11.1 Å². The lowest BCUT2D eigenvalue weighted by atomic mass is 10.1. The molecule has 1 aliphatic rings. The number of nitrogens with one attached hydrogen (secondary N) is 1. The molecule has 0 aromatic heterocycles. The minimum atomic E-state index is -0.724. The lowest BCUT2D eigenvalue weighted by Gasteiger charge is -2.40. The van der Waals surface area contributed by atoms with Gasteiger partial charge in [-0.3, -0.25) is 19.3 Å². The van der Waals surface area contributed by atoms with Crippen molar-refractivity contribution < 1.29 is 9.53 Å². The molecule has 8 nitrogen and oxygen atoms in total. The van der Waals surface area contributed by atoms with Crippen molar-refractivity contribution in [2.45, 2.75) is 26.4 Å². The second kappa shape index (κ2) is 9.87. The van der Waals surface area contributed by atoms with Gasteiger partial charge in [-0.2, -0.15) is 0 Å². The molecular weight excluding hydrogens is 456 g/mol. The van der Waals surface area contributed by atoms with E-state index in [1.807, 2.05) is 11.8 Å². The van der Waals surface area contributed by atoms with Gasteiger partial charge in [-0.15, -0.1) is 0 Å². The second-order valence-corrected chi connectivity index (χ2v) is 9.09. The molecular formula is C25H27ClN4O4. The number of aryl methyl sites for hydroxylation is 1. The summed E-state index contributed by atoms with van der Waals surface area (Å²) in [7, 11) is 0. The number of piperazine rings is 1. The monoisotopic (exact) mass is 482 g/mol. The van der Waals surface area contributed by atoms with Crippen LogP contribution in [0.1, 0.15) is 18.1 Å². The zero-order valence-corrected chi connectivity index (χ0v) is 19.9. The molecule has 1 amide bonds. The average molecular weight is 483 g/mol. The highest BCUT2D eigenvalue weighted by Crippen LogP contribution is 2.31. The second-order valence-electron chi connectivity index (χ2n) is 8.66. The van der Waals surface area contributed by atoms with Gasteiger partial charge in [0.05, 0.1) is 5.69 Å². The average Bonchev–Trinajstić information content (AvgIpc) is 2.82. The summed E-state index contributed by atoms with van der Waals surface area (Å²) in [5.74, 6) is 0.202. The maximum Gasteiger partial charge on any atom is 0.260 e. The van der Waals surface area contributed by atoms with Crippen LogP contribution in [-0.2, 0) is 11.3 Å². The highest BCUT2D eigenvalue weighted by molar-refractivity contribution is 6.31. The Morgan fingerprint density at radius 3 is 2.56 bits per heavy atom. The Hall–Kier alpha value is -3.36. The Bertz CT molecular complexity index is 1270. The van der Waals surface area contributed by atoms with Crippen LogP contribution in [0.5, 0.6) is 5.75 Å². The topological polar surface area (TPSA) is 105 Å². The minimum Gasteiger partial charge on any atom is -0.482 e. The van der Waals surface area contributed by atoms with Crippen molar-refractivity contribution >= 4 is 34.6 Å². The van der Waals surface area contributed by atoms with Gasteiger partial charge in [0, 0.05) is 37.2 Å². The number of carbonyl (C=O) groups is 1. The molecule has 1 aliphatic heterocycles. The van der Waals surface area contributed by atoms with Gasteiger partial charge in [0.25, 0.3) is 16.8 Å². The first-order valence-electron chi connectivity index (χ1n) is 11.1. The maximum absolute atomic E-state index is 12.9. The van der Waals surface area contributed by atoms with Gasteiger partial charge in [-0.05, 0) is 37.6 Å². The zero-order valence-electron chi connectivity index (χ0n) is 19.1. The first kappa shape index (κ1) is 23.8. The van der Waals surface area contributed by atoms with Crippen LogP contribution < -0.4 is 26.6 Å². The molecule has 1 atom stereocenters. The first-order valence-corrected chi connectivity index (χ1v) is 11.5. The number of carbonyl (C=O) groups excluding carboxylic acids is 1. The standard InChI is InChI=1S/C25H27ClN4O4/c1-15-3-5-17(6-4-15)13-29-9-10-30(16(2)12-29)21(31)14-34-20-8-7-18(26)11-19(20)28-23-22(27)24(32)25(23)33/h3-8,11,16,28H,9-10,12-14,27H2,1-2H3/t16-/m1/s1. The molecule has 3 aromatic carbocycles. The van der Waals surface area contributed by atoms with Gasteiger partial charge in [0.1, 0.15) is 17.1 Å².